The van der Waals surface area contributed by atoms with Crippen LogP contribution in [0, 0.1) is 0 Å². The number of rotatable bonds is 4. The third-order valence-corrected chi connectivity index (χ3v) is 5.40. The summed E-state index contributed by atoms with van der Waals surface area (Å²) in [6.07, 6.45) is 0.204. The van der Waals surface area contributed by atoms with E-state index in [1.54, 1.807) is 36.7 Å². The van der Waals surface area contributed by atoms with Gasteiger partial charge in [0.25, 0.3) is 5.56 Å². The van der Waals surface area contributed by atoms with Gasteiger partial charge in [-0.25, -0.2) is 4.98 Å². The second-order valence-corrected chi connectivity index (χ2v) is 7.36. The quantitative estimate of drug-likeness (QED) is 0.723. The number of hydrogen-bond donors (Lipinski definition) is 1. The fourth-order valence-corrected chi connectivity index (χ4v) is 3.78. The molecule has 1 aliphatic heterocycles. The molecule has 144 valence electrons. The number of hydrogen-bond acceptors (Lipinski definition) is 6. The lowest BCUT2D eigenvalue weighted by molar-refractivity contribution is -0.130. The van der Waals surface area contributed by atoms with Gasteiger partial charge in [-0.15, -0.1) is 11.3 Å². The van der Waals surface area contributed by atoms with E-state index in [1.165, 1.54) is 21.1 Å². The number of thiophene rings is 1. The molecule has 3 aromatic rings. The lowest BCUT2D eigenvalue weighted by atomic mass is 10.2. The molecule has 0 saturated carbocycles. The Morgan fingerprint density at radius 3 is 3.00 bits per heavy atom. The number of aromatic amines is 1. The van der Waals surface area contributed by atoms with Gasteiger partial charge in [-0.05, 0) is 23.6 Å². The molecule has 9 heteroatoms. The van der Waals surface area contributed by atoms with E-state index in [-0.39, 0.29) is 43.5 Å². The minimum Gasteiger partial charge on any atom is -0.491 e. The van der Waals surface area contributed by atoms with Crippen LogP contribution in [0.15, 0.2) is 40.5 Å². The van der Waals surface area contributed by atoms with Gasteiger partial charge in [0.15, 0.2) is 0 Å². The summed E-state index contributed by atoms with van der Waals surface area (Å²) in [6, 6.07) is 8.93. The highest BCUT2D eigenvalue weighted by Crippen LogP contribution is 2.30. The van der Waals surface area contributed by atoms with Gasteiger partial charge in [0.2, 0.25) is 11.8 Å². The Morgan fingerprint density at radius 2 is 2.14 bits per heavy atom. The maximum absolute atomic E-state index is 12.8. The molecule has 3 heterocycles. The van der Waals surface area contributed by atoms with Crippen LogP contribution in [0.25, 0.3) is 10.2 Å². The maximum Gasteiger partial charge on any atom is 0.268 e. The molecule has 0 spiro atoms. The lowest BCUT2D eigenvalue weighted by Gasteiger charge is -2.24. The minimum atomic E-state index is -0.266. The van der Waals surface area contributed by atoms with Crippen LogP contribution in [0.5, 0.6) is 5.75 Å². The van der Waals surface area contributed by atoms with Gasteiger partial charge in [-0.3, -0.25) is 19.3 Å². The van der Waals surface area contributed by atoms with Gasteiger partial charge < -0.3 is 14.6 Å². The van der Waals surface area contributed by atoms with E-state index in [1.807, 2.05) is 6.07 Å². The summed E-state index contributed by atoms with van der Waals surface area (Å²) in [5, 5.41) is 1.80. The summed E-state index contributed by atoms with van der Waals surface area (Å²) < 4.78 is 6.16. The van der Waals surface area contributed by atoms with E-state index in [2.05, 4.69) is 9.97 Å². The number of para-hydroxylation sites is 2. The zero-order valence-corrected chi connectivity index (χ0v) is 16.0. The SMILES string of the molecule is CN(Cc1nc2ccsc2c(=O)[nH]1)C(=O)CN1C(=O)CCOc2ccccc21. The molecule has 8 nitrogen and oxygen atoms in total. The molecule has 28 heavy (non-hydrogen) atoms. The molecule has 0 fully saturated rings. The number of carbonyl (C=O) groups is 2. The maximum atomic E-state index is 12.8. The first kappa shape index (κ1) is 18.2. The molecule has 0 radical (unpaired) electrons. The number of fused-ring (bicyclic) bond motifs is 2. The van der Waals surface area contributed by atoms with Crippen LogP contribution in [-0.2, 0) is 16.1 Å². The number of aromatic nitrogens is 2. The number of ether oxygens (including phenoxy) is 1. The zero-order chi connectivity index (χ0) is 19.7. The summed E-state index contributed by atoms with van der Waals surface area (Å²) in [5.74, 6) is 0.548. The number of carbonyl (C=O) groups excluding carboxylic acids is 2. The first-order chi connectivity index (χ1) is 13.5. The standard InChI is InChI=1S/C19H18N4O4S/c1-22(10-15-20-12-7-9-28-18(12)19(26)21-15)17(25)11-23-13-4-2-3-5-14(13)27-8-6-16(23)24/h2-5,7,9H,6,8,10-11H2,1H3,(H,20,21,26). The van der Waals surface area contributed by atoms with E-state index in [0.29, 0.717) is 27.5 Å². The van der Waals surface area contributed by atoms with Crippen LogP contribution in [-0.4, -0.2) is 46.9 Å². The second kappa shape index (κ2) is 7.43. The average molecular weight is 398 g/mol. The minimum absolute atomic E-state index is 0.110. The summed E-state index contributed by atoms with van der Waals surface area (Å²) in [4.78, 5) is 47.3. The first-order valence-corrected chi connectivity index (χ1v) is 9.63. The van der Waals surface area contributed by atoms with Crippen LogP contribution < -0.4 is 15.2 Å². The Morgan fingerprint density at radius 1 is 1.32 bits per heavy atom. The van der Waals surface area contributed by atoms with Gasteiger partial charge in [0, 0.05) is 7.05 Å². The van der Waals surface area contributed by atoms with Gasteiger partial charge >= 0.3 is 0 Å². The highest BCUT2D eigenvalue weighted by molar-refractivity contribution is 7.17. The van der Waals surface area contributed by atoms with Crippen molar-refractivity contribution in [2.45, 2.75) is 13.0 Å². The van der Waals surface area contributed by atoms with Crippen molar-refractivity contribution < 1.29 is 14.3 Å². The fourth-order valence-electron chi connectivity index (χ4n) is 3.06. The van der Waals surface area contributed by atoms with Gasteiger partial charge in [-0.1, -0.05) is 12.1 Å². The van der Waals surface area contributed by atoms with Crippen LogP contribution >= 0.6 is 11.3 Å². The summed E-state index contributed by atoms with van der Waals surface area (Å²) in [5.41, 5.74) is 0.973. The van der Waals surface area contributed by atoms with E-state index < -0.39 is 0 Å². The molecule has 4 rings (SSSR count). The van der Waals surface area contributed by atoms with Gasteiger partial charge in [-0.2, -0.15) is 0 Å². The second-order valence-electron chi connectivity index (χ2n) is 6.44. The van der Waals surface area contributed by atoms with Gasteiger partial charge in [0.05, 0.1) is 30.8 Å². The van der Waals surface area contributed by atoms with Crippen molar-refractivity contribution in [2.24, 2.45) is 0 Å². The molecule has 1 N–H and O–H groups in total. The van der Waals surface area contributed by atoms with Gasteiger partial charge in [0.1, 0.15) is 22.8 Å². The molecular formula is C19H18N4O4S. The van der Waals surface area contributed by atoms with Crippen LogP contribution in [0.1, 0.15) is 12.2 Å². The van der Waals surface area contributed by atoms with Crippen LogP contribution in [0.4, 0.5) is 5.69 Å². The van der Waals surface area contributed by atoms with E-state index >= 15 is 0 Å². The molecule has 2 aromatic heterocycles. The predicted molar refractivity (Wildman–Crippen MR) is 106 cm³/mol. The fraction of sp³-hybridized carbons (Fsp3) is 0.263. The number of H-pyrrole nitrogens is 1. The smallest absolute Gasteiger partial charge is 0.268 e. The number of amides is 2. The topological polar surface area (TPSA) is 95.6 Å². The normalized spacial score (nSPS) is 13.8. The lowest BCUT2D eigenvalue weighted by Crippen LogP contribution is -2.41. The summed E-state index contributed by atoms with van der Waals surface area (Å²) in [7, 11) is 1.62. The van der Waals surface area contributed by atoms with E-state index in [0.717, 1.165) is 0 Å². The van der Waals surface area contributed by atoms with Crippen LogP contribution in [0.3, 0.4) is 0 Å². The Hall–Kier alpha value is -3.20. The monoisotopic (exact) mass is 398 g/mol. The average Bonchev–Trinajstić information content (AvgIpc) is 3.09. The molecule has 1 aliphatic rings. The molecule has 0 aliphatic carbocycles. The summed E-state index contributed by atoms with van der Waals surface area (Å²) >= 11 is 1.32. The molecule has 1 aromatic carbocycles. The van der Waals surface area contributed by atoms with Crippen molar-refractivity contribution in [1.82, 2.24) is 14.9 Å². The van der Waals surface area contributed by atoms with Crippen molar-refractivity contribution in [1.29, 1.82) is 0 Å². The molecule has 0 unspecified atom stereocenters. The highest BCUT2D eigenvalue weighted by atomic mass is 32.1. The van der Waals surface area contributed by atoms with Crippen molar-refractivity contribution in [3.63, 3.8) is 0 Å². The van der Waals surface area contributed by atoms with E-state index in [4.69, 9.17) is 4.74 Å². The van der Waals surface area contributed by atoms with Crippen LogP contribution in [0.2, 0.25) is 0 Å². The Balaban J connectivity index is 1.52. The van der Waals surface area contributed by atoms with Crippen molar-refractivity contribution >= 4 is 39.1 Å². The largest absolute Gasteiger partial charge is 0.491 e. The van der Waals surface area contributed by atoms with Crippen molar-refractivity contribution in [2.75, 3.05) is 25.1 Å². The molecular weight excluding hydrogens is 380 g/mol. The number of benzene rings is 1. The molecule has 0 saturated heterocycles. The third kappa shape index (κ3) is 3.48. The highest BCUT2D eigenvalue weighted by Gasteiger charge is 2.26. The molecule has 0 bridgehead atoms. The summed E-state index contributed by atoms with van der Waals surface area (Å²) in [6.45, 7) is 0.308. The zero-order valence-electron chi connectivity index (χ0n) is 15.2. The van der Waals surface area contributed by atoms with Crippen molar-refractivity contribution in [3.8, 4) is 5.75 Å². The molecule has 2 amide bonds. The Bertz CT molecular complexity index is 1110. The first-order valence-electron chi connectivity index (χ1n) is 8.75. The third-order valence-electron chi connectivity index (χ3n) is 4.50. The molecule has 0 atom stereocenters. The number of nitrogens with one attached hydrogen (secondary N) is 1. The number of nitrogens with zero attached hydrogens (tertiary/aromatic N) is 3. The Kier molecular flexibility index (Phi) is 4.82. The predicted octanol–water partition coefficient (Wildman–Crippen LogP) is 1.76. The number of anilines is 1. The Labute approximate surface area is 164 Å². The van der Waals surface area contributed by atoms with Crippen molar-refractivity contribution in [3.05, 3.63) is 51.9 Å². The van der Waals surface area contributed by atoms with E-state index in [9.17, 15) is 14.4 Å². The number of likely N-dealkylation sites (N-methyl/N-ethyl adjacent to an activating group) is 1.